The van der Waals surface area contributed by atoms with Crippen LogP contribution in [0.25, 0.3) is 0 Å². The number of amides is 1. The van der Waals surface area contributed by atoms with Crippen LogP contribution in [-0.2, 0) is 11.3 Å². The van der Waals surface area contributed by atoms with Crippen LogP contribution in [-0.4, -0.2) is 27.6 Å². The minimum absolute atomic E-state index is 0.176. The summed E-state index contributed by atoms with van der Waals surface area (Å²) in [6.07, 6.45) is 5.15. The molecule has 1 saturated carbocycles. The number of carboxylic acids is 1. The first-order valence-corrected chi connectivity index (χ1v) is 6.82. The van der Waals surface area contributed by atoms with E-state index in [2.05, 4.69) is 5.32 Å². The third-order valence-electron chi connectivity index (χ3n) is 3.80. The summed E-state index contributed by atoms with van der Waals surface area (Å²) < 4.78 is 1.86. The van der Waals surface area contributed by atoms with E-state index in [9.17, 15) is 14.7 Å². The van der Waals surface area contributed by atoms with Gasteiger partial charge in [0.2, 0.25) is 0 Å². The lowest BCUT2D eigenvalue weighted by molar-refractivity contribution is -0.143. The smallest absolute Gasteiger partial charge is 0.308 e. The molecule has 2 rings (SSSR count). The molecule has 1 heterocycles. The summed E-state index contributed by atoms with van der Waals surface area (Å²) in [6.45, 7) is 2.69. The summed E-state index contributed by atoms with van der Waals surface area (Å²) in [5.41, 5.74) is 0.595. The second kappa shape index (κ2) is 5.91. The largest absolute Gasteiger partial charge is 0.481 e. The van der Waals surface area contributed by atoms with Gasteiger partial charge in [-0.1, -0.05) is 12.8 Å². The topological polar surface area (TPSA) is 71.3 Å². The highest BCUT2D eigenvalue weighted by Gasteiger charge is 2.32. The fourth-order valence-corrected chi connectivity index (χ4v) is 2.74. The number of nitrogens with zero attached hydrogens (tertiary/aromatic N) is 1. The van der Waals surface area contributed by atoms with Crippen molar-refractivity contribution in [3.05, 3.63) is 24.0 Å². The molecular weight excluding hydrogens is 244 g/mol. The molecule has 0 saturated heterocycles. The maximum atomic E-state index is 12.2. The van der Waals surface area contributed by atoms with Crippen LogP contribution in [0.4, 0.5) is 0 Å². The van der Waals surface area contributed by atoms with Crippen molar-refractivity contribution in [3.63, 3.8) is 0 Å². The lowest BCUT2D eigenvalue weighted by atomic mass is 9.84. The van der Waals surface area contributed by atoms with Gasteiger partial charge in [-0.05, 0) is 31.9 Å². The van der Waals surface area contributed by atoms with Crippen molar-refractivity contribution in [2.45, 2.75) is 45.2 Å². The first kappa shape index (κ1) is 13.6. The van der Waals surface area contributed by atoms with E-state index in [1.807, 2.05) is 23.8 Å². The Morgan fingerprint density at radius 2 is 2.16 bits per heavy atom. The molecule has 1 aromatic heterocycles. The van der Waals surface area contributed by atoms with E-state index in [1.54, 1.807) is 6.07 Å². The van der Waals surface area contributed by atoms with Crippen LogP contribution in [0.1, 0.15) is 43.1 Å². The van der Waals surface area contributed by atoms with Crippen LogP contribution in [0, 0.1) is 5.92 Å². The van der Waals surface area contributed by atoms with Crippen LogP contribution in [0.15, 0.2) is 18.3 Å². The highest BCUT2D eigenvalue weighted by Crippen LogP contribution is 2.25. The van der Waals surface area contributed by atoms with E-state index in [0.29, 0.717) is 12.1 Å². The van der Waals surface area contributed by atoms with Crippen molar-refractivity contribution in [1.82, 2.24) is 9.88 Å². The Hall–Kier alpha value is -1.78. The first-order chi connectivity index (χ1) is 9.13. The van der Waals surface area contributed by atoms with Crippen molar-refractivity contribution in [1.29, 1.82) is 0 Å². The fourth-order valence-electron chi connectivity index (χ4n) is 2.74. The molecule has 19 heavy (non-hydrogen) atoms. The third-order valence-corrected chi connectivity index (χ3v) is 3.80. The zero-order valence-corrected chi connectivity index (χ0v) is 11.1. The Balaban J connectivity index is 2.07. The Morgan fingerprint density at radius 3 is 2.84 bits per heavy atom. The summed E-state index contributed by atoms with van der Waals surface area (Å²) in [4.78, 5) is 23.4. The number of aryl methyl sites for hydroxylation is 1. The van der Waals surface area contributed by atoms with E-state index >= 15 is 0 Å². The number of aromatic nitrogens is 1. The quantitative estimate of drug-likeness (QED) is 0.872. The van der Waals surface area contributed by atoms with E-state index in [0.717, 1.165) is 25.8 Å². The maximum absolute atomic E-state index is 12.2. The SMILES string of the molecule is CCn1cccc1C(=O)NC1CCCCC1C(=O)O. The number of carbonyl (C=O) groups is 2. The minimum atomic E-state index is -0.809. The van der Waals surface area contributed by atoms with Gasteiger partial charge >= 0.3 is 5.97 Å². The lowest BCUT2D eigenvalue weighted by Gasteiger charge is -2.29. The highest BCUT2D eigenvalue weighted by molar-refractivity contribution is 5.93. The summed E-state index contributed by atoms with van der Waals surface area (Å²) in [5, 5.41) is 12.1. The molecule has 2 N–H and O–H groups in total. The van der Waals surface area contributed by atoms with Gasteiger partial charge < -0.3 is 15.0 Å². The van der Waals surface area contributed by atoms with Crippen LogP contribution >= 0.6 is 0 Å². The number of rotatable bonds is 4. The number of hydrogen-bond acceptors (Lipinski definition) is 2. The van der Waals surface area contributed by atoms with Crippen molar-refractivity contribution in [2.75, 3.05) is 0 Å². The molecule has 5 heteroatoms. The number of carboxylic acid groups (broad SMARTS) is 1. The second-order valence-electron chi connectivity index (χ2n) is 4.99. The average molecular weight is 264 g/mol. The number of aliphatic carboxylic acids is 1. The third kappa shape index (κ3) is 2.97. The normalized spacial score (nSPS) is 23.0. The predicted molar refractivity (Wildman–Crippen MR) is 71.0 cm³/mol. The van der Waals surface area contributed by atoms with E-state index in [1.165, 1.54) is 0 Å². The van der Waals surface area contributed by atoms with Gasteiger partial charge in [0.1, 0.15) is 5.69 Å². The molecular formula is C14H20N2O3. The second-order valence-corrected chi connectivity index (χ2v) is 4.99. The van der Waals surface area contributed by atoms with E-state index in [4.69, 9.17) is 0 Å². The van der Waals surface area contributed by atoms with Gasteiger partial charge in [0.15, 0.2) is 0 Å². The lowest BCUT2D eigenvalue weighted by Crippen LogP contribution is -2.45. The molecule has 1 aromatic rings. The van der Waals surface area contributed by atoms with Gasteiger partial charge in [-0.15, -0.1) is 0 Å². The van der Waals surface area contributed by atoms with Crippen molar-refractivity contribution < 1.29 is 14.7 Å². The molecule has 5 nitrogen and oxygen atoms in total. The highest BCUT2D eigenvalue weighted by atomic mass is 16.4. The van der Waals surface area contributed by atoms with Gasteiger partial charge in [0.25, 0.3) is 5.91 Å². The zero-order valence-electron chi connectivity index (χ0n) is 11.1. The molecule has 1 amide bonds. The Kier molecular flexibility index (Phi) is 4.24. The predicted octanol–water partition coefficient (Wildman–Crippen LogP) is 1.88. The van der Waals surface area contributed by atoms with Crippen LogP contribution < -0.4 is 5.32 Å². The Morgan fingerprint density at radius 1 is 1.42 bits per heavy atom. The average Bonchev–Trinajstić information content (AvgIpc) is 2.87. The number of carbonyl (C=O) groups excluding carboxylic acids is 1. The molecule has 2 atom stereocenters. The fraction of sp³-hybridized carbons (Fsp3) is 0.571. The Bertz CT molecular complexity index is 467. The van der Waals surface area contributed by atoms with Crippen molar-refractivity contribution in [2.24, 2.45) is 5.92 Å². The molecule has 0 aromatic carbocycles. The van der Waals surface area contributed by atoms with Gasteiger partial charge in [0, 0.05) is 18.8 Å². The zero-order chi connectivity index (χ0) is 13.8. The van der Waals surface area contributed by atoms with Gasteiger partial charge in [-0.25, -0.2) is 0 Å². The van der Waals surface area contributed by atoms with Crippen molar-refractivity contribution in [3.8, 4) is 0 Å². The molecule has 2 unspecified atom stereocenters. The molecule has 104 valence electrons. The molecule has 0 aliphatic heterocycles. The summed E-state index contributed by atoms with van der Waals surface area (Å²) in [6, 6.07) is 3.34. The summed E-state index contributed by atoms with van der Waals surface area (Å²) in [5.74, 6) is -1.44. The molecule has 1 fully saturated rings. The maximum Gasteiger partial charge on any atom is 0.308 e. The van der Waals surface area contributed by atoms with E-state index < -0.39 is 11.9 Å². The standard InChI is InChI=1S/C14H20N2O3/c1-2-16-9-5-8-12(16)13(17)15-11-7-4-3-6-10(11)14(18)19/h5,8-11H,2-4,6-7H2,1H3,(H,15,17)(H,18,19). The van der Waals surface area contributed by atoms with Gasteiger partial charge in [-0.3, -0.25) is 9.59 Å². The van der Waals surface area contributed by atoms with Gasteiger partial charge in [-0.2, -0.15) is 0 Å². The van der Waals surface area contributed by atoms with Crippen LogP contribution in [0.3, 0.4) is 0 Å². The van der Waals surface area contributed by atoms with Gasteiger partial charge in [0.05, 0.1) is 5.92 Å². The molecule has 0 spiro atoms. The summed E-state index contributed by atoms with van der Waals surface area (Å²) in [7, 11) is 0. The number of nitrogens with one attached hydrogen (secondary N) is 1. The molecule has 0 bridgehead atoms. The minimum Gasteiger partial charge on any atom is -0.481 e. The van der Waals surface area contributed by atoms with E-state index in [-0.39, 0.29) is 11.9 Å². The number of hydrogen-bond donors (Lipinski definition) is 2. The Labute approximate surface area is 112 Å². The van der Waals surface area contributed by atoms with Crippen LogP contribution in [0.5, 0.6) is 0 Å². The monoisotopic (exact) mass is 264 g/mol. The first-order valence-electron chi connectivity index (χ1n) is 6.82. The summed E-state index contributed by atoms with van der Waals surface area (Å²) >= 11 is 0. The molecule has 0 radical (unpaired) electrons. The molecule has 1 aliphatic carbocycles. The van der Waals surface area contributed by atoms with Crippen molar-refractivity contribution >= 4 is 11.9 Å². The van der Waals surface area contributed by atoms with Crippen LogP contribution in [0.2, 0.25) is 0 Å². The molecule has 1 aliphatic rings.